The standard InChI is InChI=1S/C23H21N5O2/c29-20-5-3-19(4-6-20)26-12-14-27(15-13-26)22(30)18-2-7-21-17(16-18)8-11-28(21)23-24-9-1-10-25-23/h1-11,16,29H,12-15H2. The number of carbonyl (C=O) groups is 1. The van der Waals surface area contributed by atoms with Crippen LogP contribution in [0.2, 0.25) is 0 Å². The molecule has 30 heavy (non-hydrogen) atoms. The molecule has 0 aliphatic carbocycles. The van der Waals surface area contributed by atoms with Crippen molar-refractivity contribution in [1.82, 2.24) is 19.4 Å². The molecule has 1 aliphatic rings. The zero-order valence-corrected chi connectivity index (χ0v) is 16.3. The fraction of sp³-hybridized carbons (Fsp3) is 0.174. The monoisotopic (exact) mass is 399 g/mol. The Kier molecular flexibility index (Phi) is 4.55. The van der Waals surface area contributed by atoms with Crippen LogP contribution >= 0.6 is 0 Å². The summed E-state index contributed by atoms with van der Waals surface area (Å²) in [5, 5.41) is 10.4. The van der Waals surface area contributed by atoms with Crippen LogP contribution in [-0.4, -0.2) is 56.6 Å². The Balaban J connectivity index is 1.31. The number of benzene rings is 2. The number of nitrogens with zero attached hydrogens (tertiary/aromatic N) is 5. The van der Waals surface area contributed by atoms with Gasteiger partial charge in [0.25, 0.3) is 5.91 Å². The Morgan fingerprint density at radius 2 is 1.63 bits per heavy atom. The van der Waals surface area contributed by atoms with E-state index in [9.17, 15) is 9.90 Å². The molecule has 4 aromatic rings. The van der Waals surface area contributed by atoms with Crippen molar-refractivity contribution in [2.24, 2.45) is 0 Å². The Morgan fingerprint density at radius 3 is 2.37 bits per heavy atom. The summed E-state index contributed by atoms with van der Waals surface area (Å²) in [6.45, 7) is 2.86. The molecule has 0 saturated carbocycles. The van der Waals surface area contributed by atoms with Gasteiger partial charge in [0.2, 0.25) is 5.95 Å². The number of rotatable bonds is 3. The minimum absolute atomic E-state index is 0.0472. The highest BCUT2D eigenvalue weighted by atomic mass is 16.3. The van der Waals surface area contributed by atoms with Gasteiger partial charge >= 0.3 is 0 Å². The number of piperazine rings is 1. The van der Waals surface area contributed by atoms with E-state index in [2.05, 4.69) is 14.9 Å². The normalized spacial score (nSPS) is 14.3. The van der Waals surface area contributed by atoms with E-state index in [0.717, 1.165) is 29.7 Å². The number of carbonyl (C=O) groups excluding carboxylic acids is 1. The van der Waals surface area contributed by atoms with E-state index < -0.39 is 0 Å². The number of fused-ring (bicyclic) bond motifs is 1. The van der Waals surface area contributed by atoms with Crippen LogP contribution in [0.4, 0.5) is 5.69 Å². The SMILES string of the molecule is O=C(c1ccc2c(ccn2-c2ncccn2)c1)N1CCN(c2ccc(O)cc2)CC1. The zero-order valence-electron chi connectivity index (χ0n) is 16.3. The van der Waals surface area contributed by atoms with Crippen molar-refractivity contribution in [2.45, 2.75) is 0 Å². The Labute approximate surface area is 173 Å². The van der Waals surface area contributed by atoms with Crippen LogP contribution in [0.3, 0.4) is 0 Å². The maximum absolute atomic E-state index is 13.1. The van der Waals surface area contributed by atoms with Gasteiger partial charge in [-0.15, -0.1) is 0 Å². The molecule has 0 spiro atoms. The first-order chi connectivity index (χ1) is 14.7. The smallest absolute Gasteiger partial charge is 0.253 e. The Hall–Kier alpha value is -3.87. The second-order valence-corrected chi connectivity index (χ2v) is 7.30. The van der Waals surface area contributed by atoms with Crippen LogP contribution < -0.4 is 4.90 Å². The van der Waals surface area contributed by atoms with Crippen molar-refractivity contribution in [3.8, 4) is 11.7 Å². The van der Waals surface area contributed by atoms with Gasteiger partial charge in [-0.25, -0.2) is 9.97 Å². The summed E-state index contributed by atoms with van der Waals surface area (Å²) in [5.41, 5.74) is 2.72. The topological polar surface area (TPSA) is 74.5 Å². The van der Waals surface area contributed by atoms with Gasteiger partial charge in [0.05, 0.1) is 5.52 Å². The van der Waals surface area contributed by atoms with Crippen LogP contribution in [0.15, 0.2) is 73.2 Å². The summed E-state index contributed by atoms with van der Waals surface area (Å²) in [7, 11) is 0. The van der Waals surface area contributed by atoms with Crippen LogP contribution in [0.1, 0.15) is 10.4 Å². The molecular weight excluding hydrogens is 378 g/mol. The largest absolute Gasteiger partial charge is 0.508 e. The maximum Gasteiger partial charge on any atom is 0.253 e. The lowest BCUT2D eigenvalue weighted by Crippen LogP contribution is -2.48. The van der Waals surface area contributed by atoms with Crippen molar-refractivity contribution in [3.63, 3.8) is 0 Å². The average molecular weight is 399 g/mol. The molecule has 1 fully saturated rings. The van der Waals surface area contributed by atoms with Crippen molar-refractivity contribution in [2.75, 3.05) is 31.1 Å². The first-order valence-electron chi connectivity index (χ1n) is 9.91. The van der Waals surface area contributed by atoms with E-state index in [1.54, 1.807) is 30.6 Å². The average Bonchev–Trinajstić information content (AvgIpc) is 3.23. The third-order valence-electron chi connectivity index (χ3n) is 5.49. The minimum Gasteiger partial charge on any atom is -0.508 e. The minimum atomic E-state index is 0.0472. The molecule has 150 valence electrons. The Bertz CT molecular complexity index is 1180. The molecule has 5 rings (SSSR count). The molecule has 1 aliphatic heterocycles. The molecule has 1 N–H and O–H groups in total. The van der Waals surface area contributed by atoms with Crippen LogP contribution in [-0.2, 0) is 0 Å². The number of phenols is 1. The molecule has 7 nitrogen and oxygen atoms in total. The molecular formula is C23H21N5O2. The van der Waals surface area contributed by atoms with E-state index in [1.807, 2.05) is 52.1 Å². The van der Waals surface area contributed by atoms with Crippen molar-refractivity contribution in [1.29, 1.82) is 0 Å². The third kappa shape index (κ3) is 3.34. The maximum atomic E-state index is 13.1. The molecule has 0 unspecified atom stereocenters. The van der Waals surface area contributed by atoms with Gasteiger partial charge < -0.3 is 14.9 Å². The highest BCUT2D eigenvalue weighted by molar-refractivity contribution is 5.98. The third-order valence-corrected chi connectivity index (χ3v) is 5.49. The quantitative estimate of drug-likeness (QED) is 0.573. The number of hydrogen-bond acceptors (Lipinski definition) is 5. The van der Waals surface area contributed by atoms with Crippen LogP contribution in [0.5, 0.6) is 5.75 Å². The van der Waals surface area contributed by atoms with Gasteiger partial charge in [-0.05, 0) is 54.6 Å². The number of anilines is 1. The molecule has 7 heteroatoms. The van der Waals surface area contributed by atoms with E-state index in [4.69, 9.17) is 0 Å². The molecule has 3 heterocycles. The molecule has 1 amide bonds. The van der Waals surface area contributed by atoms with Crippen LogP contribution in [0.25, 0.3) is 16.9 Å². The second-order valence-electron chi connectivity index (χ2n) is 7.30. The van der Waals surface area contributed by atoms with Gasteiger partial charge in [-0.2, -0.15) is 0 Å². The molecule has 2 aromatic heterocycles. The summed E-state index contributed by atoms with van der Waals surface area (Å²) in [6, 6.07) is 16.7. The molecule has 1 saturated heterocycles. The lowest BCUT2D eigenvalue weighted by Gasteiger charge is -2.36. The number of aromatic hydroxyl groups is 1. The lowest BCUT2D eigenvalue weighted by molar-refractivity contribution is 0.0747. The van der Waals surface area contributed by atoms with Crippen LogP contribution in [0, 0.1) is 0 Å². The fourth-order valence-corrected chi connectivity index (χ4v) is 3.88. The van der Waals surface area contributed by atoms with Gasteiger partial charge in [-0.3, -0.25) is 9.36 Å². The summed E-state index contributed by atoms with van der Waals surface area (Å²) >= 11 is 0. The predicted molar refractivity (Wildman–Crippen MR) is 115 cm³/mol. The van der Waals surface area contributed by atoms with Crippen molar-refractivity contribution in [3.05, 3.63) is 78.8 Å². The van der Waals surface area contributed by atoms with Crippen molar-refractivity contribution >= 4 is 22.5 Å². The van der Waals surface area contributed by atoms with E-state index in [-0.39, 0.29) is 11.7 Å². The molecule has 2 aromatic carbocycles. The molecule has 0 radical (unpaired) electrons. The summed E-state index contributed by atoms with van der Waals surface area (Å²) in [4.78, 5) is 25.8. The lowest BCUT2D eigenvalue weighted by atomic mass is 10.1. The molecule has 0 bridgehead atoms. The summed E-state index contributed by atoms with van der Waals surface area (Å²) < 4.78 is 1.92. The zero-order chi connectivity index (χ0) is 20.5. The predicted octanol–water partition coefficient (Wildman–Crippen LogP) is 3.09. The summed E-state index contributed by atoms with van der Waals surface area (Å²) in [6.07, 6.45) is 5.35. The van der Waals surface area contributed by atoms with Gasteiger partial charge in [0, 0.05) is 61.4 Å². The first-order valence-corrected chi connectivity index (χ1v) is 9.91. The number of hydrogen-bond donors (Lipinski definition) is 1. The highest BCUT2D eigenvalue weighted by Gasteiger charge is 2.23. The Morgan fingerprint density at radius 1 is 0.900 bits per heavy atom. The van der Waals surface area contributed by atoms with Gasteiger partial charge in [0.15, 0.2) is 0 Å². The van der Waals surface area contributed by atoms with E-state index in [0.29, 0.717) is 24.6 Å². The number of aromatic nitrogens is 3. The second kappa shape index (κ2) is 7.51. The van der Waals surface area contributed by atoms with E-state index >= 15 is 0 Å². The van der Waals surface area contributed by atoms with E-state index in [1.165, 1.54) is 0 Å². The highest BCUT2D eigenvalue weighted by Crippen LogP contribution is 2.23. The van der Waals surface area contributed by atoms with Crippen molar-refractivity contribution < 1.29 is 9.90 Å². The van der Waals surface area contributed by atoms with Gasteiger partial charge in [-0.1, -0.05) is 0 Å². The molecule has 0 atom stereocenters. The van der Waals surface area contributed by atoms with Gasteiger partial charge in [0.1, 0.15) is 5.75 Å². The first kappa shape index (κ1) is 18.2. The number of amides is 1. The number of phenolic OH excluding ortho intramolecular Hbond substituents is 1. The summed E-state index contributed by atoms with van der Waals surface area (Å²) in [5.74, 6) is 0.915. The fourth-order valence-electron chi connectivity index (χ4n) is 3.88.